The molecule has 0 N–H and O–H groups in total. The Hall–Kier alpha value is -3.20. The number of carbonyl (C=O) groups excluding carboxylic acids is 1. The van der Waals surface area contributed by atoms with Gasteiger partial charge in [0.25, 0.3) is 5.91 Å². The van der Waals surface area contributed by atoms with Gasteiger partial charge in [-0.3, -0.25) is 9.69 Å². The summed E-state index contributed by atoms with van der Waals surface area (Å²) in [6.07, 6.45) is 2.45. The van der Waals surface area contributed by atoms with Crippen LogP contribution in [0.25, 0.3) is 6.08 Å². The van der Waals surface area contributed by atoms with Gasteiger partial charge in [-0.05, 0) is 54.0 Å². The number of hydrogen-bond acceptors (Lipinski definition) is 7. The van der Waals surface area contributed by atoms with Gasteiger partial charge in [-0.15, -0.1) is 0 Å². The SMILES string of the molecule is COc1ccc(CCN2C(=O)C(=Cc3ccc(OCc4ccccc4Cl)c(OC)c3)SC2=S)cc1OC. The Balaban J connectivity index is 1.43. The molecule has 9 heteroatoms. The van der Waals surface area contributed by atoms with Crippen LogP contribution in [-0.2, 0) is 17.8 Å². The van der Waals surface area contributed by atoms with E-state index in [1.165, 1.54) is 11.8 Å². The van der Waals surface area contributed by atoms with E-state index in [1.807, 2.05) is 66.7 Å². The van der Waals surface area contributed by atoms with E-state index in [2.05, 4.69) is 0 Å². The Bertz CT molecular complexity index is 1340. The summed E-state index contributed by atoms with van der Waals surface area (Å²) in [5.74, 6) is 2.34. The van der Waals surface area contributed by atoms with Crippen LogP contribution in [0.1, 0.15) is 16.7 Å². The highest BCUT2D eigenvalue weighted by atomic mass is 35.5. The quantitative estimate of drug-likeness (QED) is 0.212. The van der Waals surface area contributed by atoms with Crippen molar-refractivity contribution in [2.24, 2.45) is 0 Å². The molecule has 4 rings (SSSR count). The second-order valence-corrected chi connectivity index (χ2v) is 10.1. The Morgan fingerprint density at radius 1 is 0.919 bits per heavy atom. The first-order chi connectivity index (χ1) is 17.9. The molecule has 0 radical (unpaired) electrons. The van der Waals surface area contributed by atoms with Gasteiger partial charge in [0.2, 0.25) is 0 Å². The van der Waals surface area contributed by atoms with Gasteiger partial charge in [-0.25, -0.2) is 0 Å². The van der Waals surface area contributed by atoms with Gasteiger partial charge in [0.15, 0.2) is 23.0 Å². The zero-order chi connectivity index (χ0) is 26.4. The fourth-order valence-electron chi connectivity index (χ4n) is 3.79. The lowest BCUT2D eigenvalue weighted by atomic mass is 10.1. The summed E-state index contributed by atoms with van der Waals surface area (Å²) < 4.78 is 22.7. The molecule has 37 heavy (non-hydrogen) atoms. The lowest BCUT2D eigenvalue weighted by molar-refractivity contribution is -0.122. The third-order valence-electron chi connectivity index (χ3n) is 5.77. The molecule has 6 nitrogen and oxygen atoms in total. The first-order valence-electron chi connectivity index (χ1n) is 11.4. The zero-order valence-corrected chi connectivity index (χ0v) is 23.0. The van der Waals surface area contributed by atoms with Crippen molar-refractivity contribution in [2.45, 2.75) is 13.0 Å². The second-order valence-electron chi connectivity index (χ2n) is 8.06. The predicted octanol–water partition coefficient (Wildman–Crippen LogP) is 6.39. The molecular weight excluding hydrogens is 530 g/mol. The molecule has 1 fully saturated rings. The van der Waals surface area contributed by atoms with Gasteiger partial charge in [0.1, 0.15) is 10.9 Å². The van der Waals surface area contributed by atoms with E-state index in [9.17, 15) is 4.79 Å². The molecule has 1 aliphatic heterocycles. The summed E-state index contributed by atoms with van der Waals surface area (Å²) in [6, 6.07) is 18.8. The minimum absolute atomic E-state index is 0.117. The first-order valence-corrected chi connectivity index (χ1v) is 13.0. The van der Waals surface area contributed by atoms with Crippen LogP contribution in [0.4, 0.5) is 0 Å². The lowest BCUT2D eigenvalue weighted by Gasteiger charge is -2.15. The molecular formula is C28H26ClNO5S2. The monoisotopic (exact) mass is 555 g/mol. The van der Waals surface area contributed by atoms with Gasteiger partial charge < -0.3 is 18.9 Å². The molecule has 1 saturated heterocycles. The molecule has 0 spiro atoms. The molecule has 0 unspecified atom stereocenters. The highest BCUT2D eigenvalue weighted by Crippen LogP contribution is 2.35. The molecule has 0 atom stereocenters. The number of hydrogen-bond donors (Lipinski definition) is 0. The fourth-order valence-corrected chi connectivity index (χ4v) is 5.28. The molecule has 0 saturated carbocycles. The molecule has 1 heterocycles. The Kier molecular flexibility index (Phi) is 8.97. The fraction of sp³-hybridized carbons (Fsp3) is 0.214. The number of nitrogens with zero attached hydrogens (tertiary/aromatic N) is 1. The second kappa shape index (κ2) is 12.4. The van der Waals surface area contributed by atoms with E-state index in [1.54, 1.807) is 26.2 Å². The maximum absolute atomic E-state index is 13.1. The third-order valence-corrected chi connectivity index (χ3v) is 7.52. The van der Waals surface area contributed by atoms with Crippen molar-refractivity contribution in [2.75, 3.05) is 27.9 Å². The van der Waals surface area contributed by atoms with Crippen molar-refractivity contribution in [3.63, 3.8) is 0 Å². The minimum Gasteiger partial charge on any atom is -0.493 e. The number of thiocarbonyl (C=S) groups is 1. The van der Waals surface area contributed by atoms with Gasteiger partial charge in [0.05, 0.1) is 26.2 Å². The normalized spacial score (nSPS) is 14.3. The van der Waals surface area contributed by atoms with Crippen LogP contribution in [0.5, 0.6) is 23.0 Å². The molecule has 1 aliphatic rings. The zero-order valence-electron chi connectivity index (χ0n) is 20.7. The van der Waals surface area contributed by atoms with E-state index in [0.29, 0.717) is 56.8 Å². The van der Waals surface area contributed by atoms with E-state index in [-0.39, 0.29) is 5.91 Å². The van der Waals surface area contributed by atoms with E-state index < -0.39 is 0 Å². The average Bonchev–Trinajstić information content (AvgIpc) is 3.18. The molecule has 3 aromatic rings. The Morgan fingerprint density at radius 2 is 1.62 bits per heavy atom. The maximum Gasteiger partial charge on any atom is 0.266 e. The van der Waals surface area contributed by atoms with Crippen LogP contribution in [0.3, 0.4) is 0 Å². The Morgan fingerprint density at radius 3 is 2.35 bits per heavy atom. The van der Waals surface area contributed by atoms with Crippen LogP contribution >= 0.6 is 35.6 Å². The number of amides is 1. The summed E-state index contributed by atoms with van der Waals surface area (Å²) in [6.45, 7) is 0.781. The summed E-state index contributed by atoms with van der Waals surface area (Å²) in [5.41, 5.74) is 2.71. The molecule has 0 bridgehead atoms. The van der Waals surface area contributed by atoms with Crippen LogP contribution in [0.2, 0.25) is 5.02 Å². The van der Waals surface area contributed by atoms with Crippen molar-refractivity contribution in [1.29, 1.82) is 0 Å². The topological polar surface area (TPSA) is 57.2 Å². The first kappa shape index (κ1) is 26.9. The smallest absolute Gasteiger partial charge is 0.266 e. The van der Waals surface area contributed by atoms with Gasteiger partial charge in [-0.1, -0.05) is 65.9 Å². The molecule has 1 amide bonds. The summed E-state index contributed by atoms with van der Waals surface area (Å²) >= 11 is 13.0. The predicted molar refractivity (Wildman–Crippen MR) is 152 cm³/mol. The van der Waals surface area contributed by atoms with Gasteiger partial charge >= 0.3 is 0 Å². The number of thioether (sulfide) groups is 1. The number of halogens is 1. The molecule has 0 aliphatic carbocycles. The largest absolute Gasteiger partial charge is 0.493 e. The van der Waals surface area contributed by atoms with Crippen LogP contribution in [0, 0.1) is 0 Å². The highest BCUT2D eigenvalue weighted by Gasteiger charge is 2.31. The van der Waals surface area contributed by atoms with E-state index >= 15 is 0 Å². The van der Waals surface area contributed by atoms with E-state index in [4.69, 9.17) is 42.8 Å². The van der Waals surface area contributed by atoms with Crippen LogP contribution < -0.4 is 18.9 Å². The summed E-state index contributed by atoms with van der Waals surface area (Å²) in [5, 5.41) is 0.645. The highest BCUT2D eigenvalue weighted by molar-refractivity contribution is 8.26. The Labute approximate surface area is 231 Å². The van der Waals surface area contributed by atoms with Crippen molar-refractivity contribution in [3.8, 4) is 23.0 Å². The standard InChI is InChI=1S/C28H26ClNO5S2/c1-32-22-10-8-18(14-24(22)33-2)12-13-30-27(31)26(37-28(30)36)16-19-9-11-23(25(15-19)34-3)35-17-20-6-4-5-7-21(20)29/h4-11,14-16H,12-13,17H2,1-3H3. The third kappa shape index (κ3) is 6.39. The van der Waals surface area contributed by atoms with Crippen molar-refractivity contribution in [3.05, 3.63) is 87.3 Å². The van der Waals surface area contributed by atoms with Crippen LogP contribution in [0.15, 0.2) is 65.6 Å². The molecule has 192 valence electrons. The average molecular weight is 556 g/mol. The minimum atomic E-state index is -0.117. The van der Waals surface area contributed by atoms with Crippen molar-refractivity contribution in [1.82, 2.24) is 4.90 Å². The summed E-state index contributed by atoms with van der Waals surface area (Å²) in [4.78, 5) is 15.3. The van der Waals surface area contributed by atoms with E-state index in [0.717, 1.165) is 16.7 Å². The van der Waals surface area contributed by atoms with Gasteiger partial charge in [-0.2, -0.15) is 0 Å². The van der Waals surface area contributed by atoms with Gasteiger partial charge in [0, 0.05) is 17.1 Å². The number of carbonyl (C=O) groups is 1. The number of ether oxygens (including phenoxy) is 4. The van der Waals surface area contributed by atoms with Crippen LogP contribution in [-0.4, -0.2) is 43.0 Å². The number of rotatable bonds is 10. The number of methoxy groups -OCH3 is 3. The van der Waals surface area contributed by atoms with Crippen molar-refractivity contribution >= 4 is 51.9 Å². The molecule has 3 aromatic carbocycles. The molecule has 0 aromatic heterocycles. The maximum atomic E-state index is 13.1. The van der Waals surface area contributed by atoms with Crippen molar-refractivity contribution < 1.29 is 23.7 Å². The number of benzene rings is 3. The summed E-state index contributed by atoms with van der Waals surface area (Å²) in [7, 11) is 4.77. The lowest BCUT2D eigenvalue weighted by Crippen LogP contribution is -2.30.